The van der Waals surface area contributed by atoms with Gasteiger partial charge in [-0.2, -0.15) is 5.10 Å². The van der Waals surface area contributed by atoms with Crippen molar-refractivity contribution in [3.63, 3.8) is 0 Å². The first-order valence-corrected chi connectivity index (χ1v) is 12.5. The molecule has 1 aromatic carbocycles. The molecule has 5 rings (SSSR count). The number of anilines is 1. The summed E-state index contributed by atoms with van der Waals surface area (Å²) in [7, 11) is 0. The van der Waals surface area contributed by atoms with E-state index < -0.39 is 30.1 Å². The molecule has 0 spiro atoms. The summed E-state index contributed by atoms with van der Waals surface area (Å²) in [6.45, 7) is 3.47. The smallest absolute Gasteiger partial charge is 0.181 e. The monoisotopic (exact) mass is 526 g/mol. The Morgan fingerprint density at radius 1 is 1.08 bits per heavy atom. The van der Waals surface area contributed by atoms with Crippen molar-refractivity contribution in [1.29, 1.82) is 0 Å². The molecule has 200 valence electrons. The van der Waals surface area contributed by atoms with Crippen molar-refractivity contribution in [3.8, 4) is 11.3 Å². The highest BCUT2D eigenvalue weighted by Crippen LogP contribution is 2.34. The van der Waals surface area contributed by atoms with Crippen molar-refractivity contribution >= 4 is 16.9 Å². The molecule has 0 radical (unpaired) electrons. The molecule has 8 nitrogen and oxygen atoms in total. The molecule has 2 N–H and O–H groups in total. The van der Waals surface area contributed by atoms with E-state index in [4.69, 9.17) is 9.97 Å². The zero-order chi connectivity index (χ0) is 27.0. The first kappa shape index (κ1) is 26.1. The first-order valence-electron chi connectivity index (χ1n) is 12.5. The molecule has 1 aliphatic heterocycles. The highest BCUT2D eigenvalue weighted by Gasteiger charge is 2.29. The molecule has 1 aliphatic rings. The van der Waals surface area contributed by atoms with Gasteiger partial charge in [-0.1, -0.05) is 6.07 Å². The van der Waals surface area contributed by atoms with Gasteiger partial charge in [0.25, 0.3) is 0 Å². The number of halogens is 3. The molecule has 3 aromatic heterocycles. The van der Waals surface area contributed by atoms with Gasteiger partial charge in [-0.25, -0.2) is 27.8 Å². The van der Waals surface area contributed by atoms with E-state index in [0.717, 1.165) is 23.6 Å². The van der Waals surface area contributed by atoms with Gasteiger partial charge in [-0.05, 0) is 56.7 Å². The van der Waals surface area contributed by atoms with Gasteiger partial charge in [-0.3, -0.25) is 4.98 Å². The maximum Gasteiger partial charge on any atom is 0.181 e. The fourth-order valence-electron chi connectivity index (χ4n) is 4.79. The number of rotatable bonds is 7. The lowest BCUT2D eigenvalue weighted by molar-refractivity contribution is -0.0516. The third kappa shape index (κ3) is 5.34. The average molecular weight is 527 g/mol. The van der Waals surface area contributed by atoms with Crippen LogP contribution in [-0.4, -0.2) is 53.6 Å². The molecule has 1 fully saturated rings. The van der Waals surface area contributed by atoms with Crippen LogP contribution in [0, 0.1) is 17.6 Å². The van der Waals surface area contributed by atoms with Crippen LogP contribution in [0.4, 0.5) is 19.0 Å². The molecule has 4 aromatic rings. The fraction of sp³-hybridized carbons (Fsp3) is 0.407. The third-order valence-electron chi connectivity index (χ3n) is 6.97. The van der Waals surface area contributed by atoms with Gasteiger partial charge < -0.3 is 15.1 Å². The van der Waals surface area contributed by atoms with E-state index >= 15 is 0 Å². The van der Waals surface area contributed by atoms with Crippen molar-refractivity contribution in [2.24, 2.45) is 5.92 Å². The maximum atomic E-state index is 14.2. The number of aromatic nitrogens is 5. The lowest BCUT2D eigenvalue weighted by atomic mass is 9.90. The summed E-state index contributed by atoms with van der Waals surface area (Å²) in [5.41, 5.74) is 1.42. The molecule has 4 heterocycles. The summed E-state index contributed by atoms with van der Waals surface area (Å²) in [4.78, 5) is 16.0. The lowest BCUT2D eigenvalue weighted by Gasteiger charge is -2.33. The molecule has 38 heavy (non-hydrogen) atoms. The van der Waals surface area contributed by atoms with Crippen LogP contribution in [0.25, 0.3) is 22.3 Å². The van der Waals surface area contributed by atoms with Crippen LogP contribution in [0.5, 0.6) is 0 Å². The second-order valence-electron chi connectivity index (χ2n) is 10.3. The van der Waals surface area contributed by atoms with E-state index in [-0.39, 0.29) is 11.6 Å². The number of pyridine rings is 1. The number of hydrogen-bond donors (Lipinski definition) is 2. The van der Waals surface area contributed by atoms with Crippen LogP contribution >= 0.6 is 0 Å². The van der Waals surface area contributed by atoms with Crippen molar-refractivity contribution in [2.45, 2.75) is 51.6 Å². The van der Waals surface area contributed by atoms with Crippen LogP contribution in [0.15, 0.2) is 42.9 Å². The Hall–Kier alpha value is -3.57. The van der Waals surface area contributed by atoms with Crippen LogP contribution in [0.2, 0.25) is 0 Å². The largest absolute Gasteiger partial charge is 0.387 e. The van der Waals surface area contributed by atoms with Crippen molar-refractivity contribution in [3.05, 3.63) is 65.7 Å². The second-order valence-corrected chi connectivity index (χ2v) is 10.3. The average Bonchev–Trinajstić information content (AvgIpc) is 3.38. The van der Waals surface area contributed by atoms with Gasteiger partial charge in [0.15, 0.2) is 12.6 Å². The van der Waals surface area contributed by atoms with E-state index in [9.17, 15) is 23.4 Å². The van der Waals surface area contributed by atoms with Crippen molar-refractivity contribution < 1.29 is 23.4 Å². The molecule has 0 saturated carbocycles. The Balaban J connectivity index is 1.45. The van der Waals surface area contributed by atoms with E-state index in [1.807, 2.05) is 0 Å². The van der Waals surface area contributed by atoms with Crippen LogP contribution in [0.3, 0.4) is 0 Å². The standard InChI is InChI=1S/C27H29F3N6O2/c1-27(2,38)25(37)22-11-21-23(13-31-22)34-26(24(33-21)18-12-32-36(14-18)15-28)35-7-5-16(6-8-35)9-17-3-4-19(29)10-20(17)30/h3-4,10-14,16,25,37-38H,5-9,15H2,1-2H3/t25-/m1/s1. The molecular weight excluding hydrogens is 497 g/mol. The molecular formula is C27H29F3N6O2. The minimum absolute atomic E-state index is 0.227. The molecule has 11 heteroatoms. The summed E-state index contributed by atoms with van der Waals surface area (Å²) < 4.78 is 41.8. The highest BCUT2D eigenvalue weighted by molar-refractivity contribution is 5.83. The van der Waals surface area contributed by atoms with Crippen LogP contribution in [0.1, 0.15) is 44.1 Å². The number of benzene rings is 1. The van der Waals surface area contributed by atoms with Gasteiger partial charge in [0.1, 0.15) is 28.9 Å². The molecule has 0 bridgehead atoms. The predicted molar refractivity (Wildman–Crippen MR) is 136 cm³/mol. The van der Waals surface area contributed by atoms with Gasteiger partial charge in [0.2, 0.25) is 0 Å². The minimum Gasteiger partial charge on any atom is -0.387 e. The zero-order valence-electron chi connectivity index (χ0n) is 21.2. The Labute approximate surface area is 217 Å². The molecule has 0 unspecified atom stereocenters. The topological polar surface area (TPSA) is 100 Å². The number of piperidine rings is 1. The number of fused-ring (bicyclic) bond motifs is 1. The van der Waals surface area contributed by atoms with E-state index in [1.54, 1.807) is 12.3 Å². The summed E-state index contributed by atoms with van der Waals surface area (Å²) in [5.74, 6) is -0.290. The van der Waals surface area contributed by atoms with Gasteiger partial charge in [-0.15, -0.1) is 0 Å². The number of alkyl halides is 1. The summed E-state index contributed by atoms with van der Waals surface area (Å²) in [5, 5.41) is 24.7. The van der Waals surface area contributed by atoms with Crippen molar-refractivity contribution in [1.82, 2.24) is 24.7 Å². The van der Waals surface area contributed by atoms with Crippen molar-refractivity contribution in [2.75, 3.05) is 18.0 Å². The molecule has 0 amide bonds. The lowest BCUT2D eigenvalue weighted by Crippen LogP contribution is -2.35. The normalized spacial score (nSPS) is 15.8. The van der Waals surface area contributed by atoms with E-state index in [0.29, 0.717) is 53.2 Å². The SMILES string of the molecule is CC(C)(O)[C@H](O)c1cc2nc(-c3cnn(CF)c3)c(N3CCC(Cc4ccc(F)cc4F)CC3)nc2cn1. The Morgan fingerprint density at radius 2 is 1.84 bits per heavy atom. The Morgan fingerprint density at radius 3 is 2.50 bits per heavy atom. The summed E-state index contributed by atoms with van der Waals surface area (Å²) >= 11 is 0. The van der Waals surface area contributed by atoms with Gasteiger partial charge in [0.05, 0.1) is 29.2 Å². The Bertz CT molecular complexity index is 1450. The van der Waals surface area contributed by atoms with E-state index in [1.165, 1.54) is 38.4 Å². The zero-order valence-corrected chi connectivity index (χ0v) is 21.2. The fourth-order valence-corrected chi connectivity index (χ4v) is 4.79. The second kappa shape index (κ2) is 10.3. The molecule has 1 saturated heterocycles. The highest BCUT2D eigenvalue weighted by atomic mass is 19.1. The summed E-state index contributed by atoms with van der Waals surface area (Å²) in [6, 6.07) is 5.28. The van der Waals surface area contributed by atoms with Crippen LogP contribution < -0.4 is 4.90 Å². The first-order chi connectivity index (χ1) is 18.1. The number of aliphatic hydroxyl groups is 2. The predicted octanol–water partition coefficient (Wildman–Crippen LogP) is 4.36. The molecule has 0 aliphatic carbocycles. The number of hydrogen-bond acceptors (Lipinski definition) is 7. The Kier molecular flexibility index (Phi) is 7.06. The summed E-state index contributed by atoms with van der Waals surface area (Å²) in [6.07, 6.45) is 5.43. The molecule has 1 atom stereocenters. The number of aliphatic hydroxyl groups excluding tert-OH is 1. The van der Waals surface area contributed by atoms with Gasteiger partial charge >= 0.3 is 0 Å². The maximum absolute atomic E-state index is 14.2. The third-order valence-corrected chi connectivity index (χ3v) is 6.97. The number of nitrogens with zero attached hydrogens (tertiary/aromatic N) is 6. The van der Waals surface area contributed by atoms with Gasteiger partial charge in [0, 0.05) is 30.9 Å². The minimum atomic E-state index is -1.40. The van der Waals surface area contributed by atoms with E-state index in [2.05, 4.69) is 15.0 Å². The van der Waals surface area contributed by atoms with Crippen LogP contribution in [-0.2, 0) is 13.2 Å². The quantitative estimate of drug-likeness (QED) is 0.369.